The lowest BCUT2D eigenvalue weighted by atomic mass is 9.71. The maximum Gasteiger partial charge on any atom is 0.255 e. The molecule has 3 heterocycles. The highest BCUT2D eigenvalue weighted by molar-refractivity contribution is 5.94. The summed E-state index contributed by atoms with van der Waals surface area (Å²) in [6.45, 7) is 3.24. The van der Waals surface area contributed by atoms with Gasteiger partial charge in [-0.25, -0.2) is 0 Å². The van der Waals surface area contributed by atoms with Crippen LogP contribution in [0.25, 0.3) is 0 Å². The molecule has 0 unspecified atom stereocenters. The minimum atomic E-state index is 0.161. The SMILES string of the molecule is C[C@@]12C[C@H]3CN(C(=O)c4cccnc4)[C@@H]1CCCC[C@@H]2N3. The van der Waals surface area contributed by atoms with Crippen LogP contribution in [0.3, 0.4) is 0 Å². The minimum absolute atomic E-state index is 0.161. The van der Waals surface area contributed by atoms with Crippen molar-refractivity contribution < 1.29 is 4.79 Å². The number of amides is 1. The van der Waals surface area contributed by atoms with Crippen LogP contribution in [0.2, 0.25) is 0 Å². The molecule has 0 aromatic carbocycles. The van der Waals surface area contributed by atoms with Crippen LogP contribution in [-0.2, 0) is 0 Å². The smallest absolute Gasteiger partial charge is 0.255 e. The Kier molecular flexibility index (Phi) is 3.03. The van der Waals surface area contributed by atoms with Gasteiger partial charge in [-0.3, -0.25) is 9.78 Å². The van der Waals surface area contributed by atoms with Gasteiger partial charge in [-0.1, -0.05) is 19.8 Å². The summed E-state index contributed by atoms with van der Waals surface area (Å²) in [4.78, 5) is 19.2. The van der Waals surface area contributed by atoms with Gasteiger partial charge in [-0.2, -0.15) is 0 Å². The first-order valence-corrected chi connectivity index (χ1v) is 8.15. The Labute approximate surface area is 125 Å². The molecule has 4 rings (SSSR count). The summed E-state index contributed by atoms with van der Waals surface area (Å²) in [6, 6.07) is 5.16. The Morgan fingerprint density at radius 1 is 1.43 bits per heavy atom. The number of pyridine rings is 1. The molecule has 4 atom stereocenters. The van der Waals surface area contributed by atoms with E-state index in [-0.39, 0.29) is 11.3 Å². The number of hydrogen-bond acceptors (Lipinski definition) is 3. The van der Waals surface area contributed by atoms with E-state index in [0.717, 1.165) is 18.5 Å². The van der Waals surface area contributed by atoms with Gasteiger partial charge in [-0.15, -0.1) is 0 Å². The first-order chi connectivity index (χ1) is 10.2. The summed E-state index contributed by atoms with van der Waals surface area (Å²) >= 11 is 0. The summed E-state index contributed by atoms with van der Waals surface area (Å²) in [5, 5.41) is 3.79. The summed E-state index contributed by atoms with van der Waals surface area (Å²) in [7, 11) is 0. The summed E-state index contributed by atoms with van der Waals surface area (Å²) in [5.74, 6) is 0.161. The van der Waals surface area contributed by atoms with Crippen LogP contribution < -0.4 is 5.32 Å². The van der Waals surface area contributed by atoms with Gasteiger partial charge >= 0.3 is 0 Å². The molecule has 1 amide bonds. The molecular weight excluding hydrogens is 262 g/mol. The zero-order chi connectivity index (χ0) is 14.4. The van der Waals surface area contributed by atoms with E-state index in [0.29, 0.717) is 18.1 Å². The van der Waals surface area contributed by atoms with Gasteiger partial charge in [0.05, 0.1) is 5.56 Å². The number of carbonyl (C=O) groups excluding carboxylic acids is 1. The van der Waals surface area contributed by atoms with Crippen molar-refractivity contribution in [1.29, 1.82) is 0 Å². The highest BCUT2D eigenvalue weighted by Crippen LogP contribution is 2.49. The molecule has 0 radical (unpaired) electrons. The highest BCUT2D eigenvalue weighted by Gasteiger charge is 2.55. The average molecular weight is 285 g/mol. The number of piperidine rings is 1. The molecule has 4 nitrogen and oxygen atoms in total. The van der Waals surface area contributed by atoms with Crippen molar-refractivity contribution in [2.45, 2.75) is 57.2 Å². The van der Waals surface area contributed by atoms with Gasteiger partial charge in [0, 0.05) is 42.5 Å². The van der Waals surface area contributed by atoms with E-state index in [1.54, 1.807) is 12.4 Å². The lowest BCUT2D eigenvalue weighted by molar-refractivity contribution is 0.0283. The molecule has 2 saturated heterocycles. The van der Waals surface area contributed by atoms with Gasteiger partial charge in [0.15, 0.2) is 0 Å². The Morgan fingerprint density at radius 2 is 2.29 bits per heavy atom. The van der Waals surface area contributed by atoms with Crippen LogP contribution >= 0.6 is 0 Å². The van der Waals surface area contributed by atoms with Crippen LogP contribution in [0.5, 0.6) is 0 Å². The predicted molar refractivity (Wildman–Crippen MR) is 81.0 cm³/mol. The summed E-state index contributed by atoms with van der Waals surface area (Å²) in [5.41, 5.74) is 0.972. The van der Waals surface area contributed by atoms with Crippen molar-refractivity contribution in [2.24, 2.45) is 5.41 Å². The van der Waals surface area contributed by atoms with Crippen molar-refractivity contribution in [2.75, 3.05) is 6.54 Å². The Balaban J connectivity index is 1.68. The van der Waals surface area contributed by atoms with Crippen LogP contribution in [0, 0.1) is 5.41 Å². The molecule has 1 aliphatic carbocycles. The average Bonchev–Trinajstić information content (AvgIpc) is 2.67. The van der Waals surface area contributed by atoms with Crippen LogP contribution in [-0.4, -0.2) is 40.5 Å². The van der Waals surface area contributed by atoms with Crippen molar-refractivity contribution in [3.8, 4) is 0 Å². The molecule has 1 aromatic heterocycles. The van der Waals surface area contributed by atoms with Crippen LogP contribution in [0.4, 0.5) is 0 Å². The summed E-state index contributed by atoms with van der Waals surface area (Å²) < 4.78 is 0. The third kappa shape index (κ3) is 2.00. The quantitative estimate of drug-likeness (QED) is 0.860. The number of aromatic nitrogens is 1. The molecule has 1 saturated carbocycles. The van der Waals surface area contributed by atoms with Crippen LogP contribution in [0.1, 0.15) is 49.4 Å². The highest BCUT2D eigenvalue weighted by atomic mass is 16.2. The fraction of sp³-hybridized carbons (Fsp3) is 0.647. The number of hydrogen-bond donors (Lipinski definition) is 1. The standard InChI is InChI=1S/C17H23N3O/c1-17-9-13-11-20(16(21)12-5-4-8-18-10-12)15(17)7-3-2-6-14(17)19-13/h4-5,8,10,13-15,19H,2-3,6-7,9,11H2,1H3/t13-,14-,15+,17-/m0/s1. The molecule has 2 aliphatic heterocycles. The van der Waals surface area contributed by atoms with E-state index in [1.165, 1.54) is 25.7 Å². The molecule has 3 aliphatic rings. The van der Waals surface area contributed by atoms with Crippen molar-refractivity contribution in [3.63, 3.8) is 0 Å². The second-order valence-corrected chi connectivity index (χ2v) is 7.13. The number of carbonyl (C=O) groups is 1. The predicted octanol–water partition coefficient (Wildman–Crippen LogP) is 2.22. The maximum absolute atomic E-state index is 12.9. The molecular formula is C17H23N3O. The van der Waals surface area contributed by atoms with E-state index >= 15 is 0 Å². The Bertz CT molecular complexity index is 546. The normalized spacial score (nSPS) is 38.1. The van der Waals surface area contributed by atoms with E-state index in [1.807, 2.05) is 12.1 Å². The molecule has 21 heavy (non-hydrogen) atoms. The van der Waals surface area contributed by atoms with Crippen LogP contribution in [0.15, 0.2) is 24.5 Å². The molecule has 1 aromatic rings. The van der Waals surface area contributed by atoms with Crippen molar-refractivity contribution >= 4 is 5.91 Å². The molecule has 0 spiro atoms. The Hall–Kier alpha value is -1.42. The number of nitrogens with zero attached hydrogens (tertiary/aromatic N) is 2. The lowest BCUT2D eigenvalue weighted by Gasteiger charge is -2.46. The van der Waals surface area contributed by atoms with E-state index in [2.05, 4.69) is 22.1 Å². The minimum Gasteiger partial charge on any atom is -0.333 e. The third-order valence-electron chi connectivity index (χ3n) is 5.86. The zero-order valence-corrected chi connectivity index (χ0v) is 12.6. The van der Waals surface area contributed by atoms with Crippen molar-refractivity contribution in [1.82, 2.24) is 15.2 Å². The van der Waals surface area contributed by atoms with Gasteiger partial charge < -0.3 is 10.2 Å². The van der Waals surface area contributed by atoms with Gasteiger partial charge in [0.1, 0.15) is 0 Å². The number of fused-ring (bicyclic) bond motifs is 1. The Morgan fingerprint density at radius 3 is 3.10 bits per heavy atom. The second kappa shape index (κ2) is 4.80. The van der Waals surface area contributed by atoms with Gasteiger partial charge in [0.2, 0.25) is 0 Å². The monoisotopic (exact) mass is 285 g/mol. The molecule has 112 valence electrons. The van der Waals surface area contributed by atoms with Crippen molar-refractivity contribution in [3.05, 3.63) is 30.1 Å². The first kappa shape index (κ1) is 13.3. The molecule has 2 bridgehead atoms. The van der Waals surface area contributed by atoms with E-state index in [4.69, 9.17) is 0 Å². The zero-order valence-electron chi connectivity index (χ0n) is 12.6. The van der Waals surface area contributed by atoms with E-state index < -0.39 is 0 Å². The second-order valence-electron chi connectivity index (χ2n) is 7.13. The number of likely N-dealkylation sites (tertiary alicyclic amines) is 1. The molecule has 4 heteroatoms. The number of rotatable bonds is 1. The molecule has 1 N–H and O–H groups in total. The topological polar surface area (TPSA) is 45.2 Å². The fourth-order valence-corrected chi connectivity index (χ4v) is 4.88. The van der Waals surface area contributed by atoms with Gasteiger partial charge in [0.25, 0.3) is 5.91 Å². The largest absolute Gasteiger partial charge is 0.333 e. The van der Waals surface area contributed by atoms with Gasteiger partial charge in [-0.05, 0) is 31.4 Å². The van der Waals surface area contributed by atoms with E-state index in [9.17, 15) is 4.79 Å². The maximum atomic E-state index is 12.9. The summed E-state index contributed by atoms with van der Waals surface area (Å²) in [6.07, 6.45) is 9.57. The lowest BCUT2D eigenvalue weighted by Crippen LogP contribution is -2.55. The molecule has 3 fully saturated rings. The fourth-order valence-electron chi connectivity index (χ4n) is 4.88. The number of nitrogens with one attached hydrogen (secondary N) is 1. The first-order valence-electron chi connectivity index (χ1n) is 8.15. The third-order valence-corrected chi connectivity index (χ3v) is 5.86.